The van der Waals surface area contributed by atoms with Gasteiger partial charge < -0.3 is 14.2 Å². The fourth-order valence-electron chi connectivity index (χ4n) is 2.25. The maximum atomic E-state index is 11.5. The number of benzene rings is 2. The molecule has 5 nitrogen and oxygen atoms in total. The smallest absolute Gasteiger partial charge is 0.417 e. The molecule has 0 aliphatic heterocycles. The molecule has 2 aromatic carbocycles. The Morgan fingerprint density at radius 2 is 1.15 bits per heavy atom. The van der Waals surface area contributed by atoms with Crippen LogP contribution in [0.1, 0.15) is 30.4 Å². The van der Waals surface area contributed by atoms with Crippen LogP contribution in [-0.2, 0) is 37.0 Å². The van der Waals surface area contributed by atoms with Crippen LogP contribution in [0.3, 0.4) is 0 Å². The highest BCUT2D eigenvalue weighted by atomic mass is 16.6. The topological polar surface area (TPSA) is 61.8 Å². The number of ether oxygens (including phenoxy) is 3. The monoisotopic (exact) mass is 356 g/mol. The van der Waals surface area contributed by atoms with Gasteiger partial charge in [-0.15, -0.1) is 0 Å². The van der Waals surface area contributed by atoms with Gasteiger partial charge in [0.2, 0.25) is 0 Å². The van der Waals surface area contributed by atoms with Crippen LogP contribution in [0, 0.1) is 0 Å². The van der Waals surface area contributed by atoms with Crippen molar-refractivity contribution >= 4 is 11.9 Å². The van der Waals surface area contributed by atoms with E-state index in [2.05, 4.69) is 0 Å². The molecule has 138 valence electrons. The zero-order valence-electron chi connectivity index (χ0n) is 14.8. The van der Waals surface area contributed by atoms with Gasteiger partial charge in [0.05, 0.1) is 13.2 Å². The summed E-state index contributed by atoms with van der Waals surface area (Å²) in [5.74, 6) is -1.90. The van der Waals surface area contributed by atoms with E-state index in [4.69, 9.17) is 14.2 Å². The predicted octanol–water partition coefficient (Wildman–Crippen LogP) is 3.66. The zero-order valence-corrected chi connectivity index (χ0v) is 14.8. The minimum atomic E-state index is -0.958. The van der Waals surface area contributed by atoms with E-state index in [1.54, 1.807) is 0 Å². The van der Waals surface area contributed by atoms with Crippen molar-refractivity contribution in [2.24, 2.45) is 0 Å². The highest BCUT2D eigenvalue weighted by Gasteiger charge is 2.16. The van der Waals surface area contributed by atoms with Gasteiger partial charge in [-0.25, -0.2) is 9.59 Å². The first-order valence-electron chi connectivity index (χ1n) is 8.75. The Labute approximate surface area is 153 Å². The number of carbonyl (C=O) groups excluding carboxylic acids is 2. The lowest BCUT2D eigenvalue weighted by Crippen LogP contribution is -2.20. The van der Waals surface area contributed by atoms with Gasteiger partial charge in [-0.3, -0.25) is 0 Å². The molecule has 0 aromatic heterocycles. The summed E-state index contributed by atoms with van der Waals surface area (Å²) in [7, 11) is 0. The number of rotatable bonds is 10. The van der Waals surface area contributed by atoms with Crippen LogP contribution >= 0.6 is 0 Å². The quantitative estimate of drug-likeness (QED) is 0.369. The molecule has 0 N–H and O–H groups in total. The lowest BCUT2D eigenvalue weighted by atomic mass is 10.2. The summed E-state index contributed by atoms with van der Waals surface area (Å²) >= 11 is 0. The number of carbonyl (C=O) groups is 2. The molecule has 0 aliphatic carbocycles. The summed E-state index contributed by atoms with van der Waals surface area (Å²) in [6.07, 6.45) is 2.43. The first-order chi connectivity index (χ1) is 12.8. The molecule has 0 unspecified atom stereocenters. The van der Waals surface area contributed by atoms with E-state index < -0.39 is 11.9 Å². The third kappa shape index (κ3) is 7.94. The average molecular weight is 356 g/mol. The van der Waals surface area contributed by atoms with Crippen LogP contribution in [0.25, 0.3) is 0 Å². The van der Waals surface area contributed by atoms with E-state index in [1.165, 1.54) is 0 Å². The van der Waals surface area contributed by atoms with Crippen LogP contribution in [0.15, 0.2) is 60.7 Å². The second-order valence-corrected chi connectivity index (χ2v) is 5.80. The summed E-state index contributed by atoms with van der Waals surface area (Å²) in [4.78, 5) is 23.1. The van der Waals surface area contributed by atoms with Gasteiger partial charge in [-0.05, 0) is 30.4 Å². The van der Waals surface area contributed by atoms with Crippen LogP contribution in [0.2, 0.25) is 0 Å². The molecule has 0 saturated carbocycles. The van der Waals surface area contributed by atoms with Crippen molar-refractivity contribution in [1.29, 1.82) is 0 Å². The molecule has 26 heavy (non-hydrogen) atoms. The Morgan fingerprint density at radius 1 is 0.615 bits per heavy atom. The van der Waals surface area contributed by atoms with E-state index in [-0.39, 0.29) is 13.2 Å². The van der Waals surface area contributed by atoms with Gasteiger partial charge in [-0.1, -0.05) is 60.7 Å². The molecule has 0 bridgehead atoms. The number of hydrogen-bond donors (Lipinski definition) is 0. The molecule has 0 atom stereocenters. The second kappa shape index (κ2) is 11.8. The van der Waals surface area contributed by atoms with Crippen LogP contribution in [-0.4, -0.2) is 25.2 Å². The van der Waals surface area contributed by atoms with Crippen molar-refractivity contribution in [2.75, 3.05) is 13.2 Å². The fourth-order valence-corrected chi connectivity index (χ4v) is 2.25. The Bertz CT molecular complexity index is 655. The molecule has 0 heterocycles. The Balaban J connectivity index is 1.46. The van der Waals surface area contributed by atoms with E-state index >= 15 is 0 Å². The van der Waals surface area contributed by atoms with Crippen molar-refractivity contribution in [3.05, 3.63) is 71.8 Å². The van der Waals surface area contributed by atoms with Gasteiger partial charge in [-0.2, -0.15) is 0 Å². The SMILES string of the molecule is O=C(OCCCCCOCc1ccccc1)C(=O)OCc1ccccc1. The van der Waals surface area contributed by atoms with E-state index in [1.807, 2.05) is 60.7 Å². The van der Waals surface area contributed by atoms with Crippen molar-refractivity contribution < 1.29 is 23.8 Å². The molecular formula is C21H24O5. The minimum absolute atomic E-state index is 0.0630. The summed E-state index contributed by atoms with van der Waals surface area (Å²) in [5.41, 5.74) is 1.97. The Kier molecular flexibility index (Phi) is 8.94. The number of esters is 2. The largest absolute Gasteiger partial charge is 0.457 e. The second-order valence-electron chi connectivity index (χ2n) is 5.80. The molecule has 0 saturated heterocycles. The first kappa shape index (κ1) is 19.7. The molecule has 0 spiro atoms. The van der Waals surface area contributed by atoms with Gasteiger partial charge in [0, 0.05) is 6.61 Å². The van der Waals surface area contributed by atoms with Crippen LogP contribution in [0.5, 0.6) is 0 Å². The molecule has 2 rings (SSSR count). The molecule has 0 aliphatic rings. The standard InChI is InChI=1S/C21H24O5/c22-20(21(23)26-17-19-12-6-2-7-13-19)25-15-9-3-8-14-24-16-18-10-4-1-5-11-18/h1-2,4-7,10-13H,3,8-9,14-17H2. The van der Waals surface area contributed by atoms with Gasteiger partial charge in [0.15, 0.2) is 0 Å². The summed E-state index contributed by atoms with van der Waals surface area (Å²) in [5, 5.41) is 0. The molecule has 0 amide bonds. The molecule has 0 radical (unpaired) electrons. The normalized spacial score (nSPS) is 10.3. The summed E-state index contributed by atoms with van der Waals surface area (Å²) in [6, 6.07) is 19.2. The third-order valence-electron chi connectivity index (χ3n) is 3.66. The highest BCUT2D eigenvalue weighted by Crippen LogP contribution is 2.04. The van der Waals surface area contributed by atoms with Crippen LogP contribution in [0.4, 0.5) is 0 Å². The lowest BCUT2D eigenvalue weighted by Gasteiger charge is -2.06. The minimum Gasteiger partial charge on any atom is -0.457 e. The summed E-state index contributed by atoms with van der Waals surface area (Å²) in [6.45, 7) is 1.52. The lowest BCUT2D eigenvalue weighted by molar-refractivity contribution is -0.168. The maximum Gasteiger partial charge on any atom is 0.417 e. The van der Waals surface area contributed by atoms with Gasteiger partial charge in [0.1, 0.15) is 6.61 Å². The zero-order chi connectivity index (χ0) is 18.5. The average Bonchev–Trinajstić information content (AvgIpc) is 2.69. The molecular weight excluding hydrogens is 332 g/mol. The maximum absolute atomic E-state index is 11.5. The molecule has 0 fully saturated rings. The summed E-state index contributed by atoms with van der Waals surface area (Å²) < 4.78 is 15.4. The van der Waals surface area contributed by atoms with E-state index in [9.17, 15) is 9.59 Å². The Hall–Kier alpha value is -2.66. The third-order valence-corrected chi connectivity index (χ3v) is 3.66. The van der Waals surface area contributed by atoms with E-state index in [0.717, 1.165) is 24.0 Å². The fraction of sp³-hybridized carbons (Fsp3) is 0.333. The van der Waals surface area contributed by atoms with Crippen molar-refractivity contribution in [2.45, 2.75) is 32.5 Å². The van der Waals surface area contributed by atoms with Crippen molar-refractivity contribution in [1.82, 2.24) is 0 Å². The molecule has 5 heteroatoms. The number of unbranched alkanes of at least 4 members (excludes halogenated alkanes) is 2. The van der Waals surface area contributed by atoms with E-state index in [0.29, 0.717) is 19.6 Å². The number of hydrogen-bond acceptors (Lipinski definition) is 5. The predicted molar refractivity (Wildman–Crippen MR) is 97.1 cm³/mol. The van der Waals surface area contributed by atoms with Crippen LogP contribution < -0.4 is 0 Å². The first-order valence-corrected chi connectivity index (χ1v) is 8.75. The van der Waals surface area contributed by atoms with Gasteiger partial charge >= 0.3 is 11.9 Å². The highest BCUT2D eigenvalue weighted by molar-refractivity contribution is 6.29. The Morgan fingerprint density at radius 3 is 1.81 bits per heavy atom. The van der Waals surface area contributed by atoms with Crippen molar-refractivity contribution in [3.63, 3.8) is 0 Å². The van der Waals surface area contributed by atoms with Gasteiger partial charge in [0.25, 0.3) is 0 Å². The van der Waals surface area contributed by atoms with Crippen molar-refractivity contribution in [3.8, 4) is 0 Å². The molecule has 2 aromatic rings.